The first-order chi connectivity index (χ1) is 12.8. The fourth-order valence-electron chi connectivity index (χ4n) is 3.34. The van der Waals surface area contributed by atoms with Crippen molar-refractivity contribution in [2.75, 3.05) is 26.8 Å². The van der Waals surface area contributed by atoms with Gasteiger partial charge in [0, 0.05) is 31.8 Å². The van der Waals surface area contributed by atoms with Crippen molar-refractivity contribution in [1.29, 1.82) is 0 Å². The van der Waals surface area contributed by atoms with Crippen molar-refractivity contribution in [1.82, 2.24) is 14.9 Å². The zero-order valence-corrected chi connectivity index (χ0v) is 14.8. The van der Waals surface area contributed by atoms with Crippen LogP contribution in [0, 0.1) is 0 Å². The Morgan fingerprint density at radius 1 is 1.41 bits per heavy atom. The SMILES string of the molecule is COCCC(=O)N1CCC[C@@H](c2cc3nc(C(F)(F)F)ccc3c(=O)[nH]2)C1. The zero-order chi connectivity index (χ0) is 19.6. The number of methoxy groups -OCH3 is 1. The molecular weight excluding hydrogens is 363 g/mol. The average Bonchev–Trinajstić information content (AvgIpc) is 2.65. The molecule has 1 aliphatic rings. The highest BCUT2D eigenvalue weighted by atomic mass is 19.4. The number of piperidine rings is 1. The second kappa shape index (κ2) is 7.67. The molecule has 0 spiro atoms. The number of nitrogens with one attached hydrogen (secondary N) is 1. The molecule has 2 aromatic rings. The van der Waals surface area contributed by atoms with Gasteiger partial charge < -0.3 is 14.6 Å². The van der Waals surface area contributed by atoms with Crippen LogP contribution in [0.2, 0.25) is 0 Å². The highest BCUT2D eigenvalue weighted by molar-refractivity contribution is 5.78. The van der Waals surface area contributed by atoms with Gasteiger partial charge in [-0.05, 0) is 31.0 Å². The summed E-state index contributed by atoms with van der Waals surface area (Å²) in [4.78, 5) is 32.6. The number of carbonyl (C=O) groups is 1. The van der Waals surface area contributed by atoms with E-state index in [1.807, 2.05) is 0 Å². The largest absolute Gasteiger partial charge is 0.433 e. The van der Waals surface area contributed by atoms with E-state index in [0.717, 1.165) is 25.0 Å². The van der Waals surface area contributed by atoms with Gasteiger partial charge in [0.05, 0.1) is 23.9 Å². The number of H-pyrrole nitrogens is 1. The minimum Gasteiger partial charge on any atom is -0.384 e. The molecule has 1 N–H and O–H groups in total. The molecule has 0 aromatic carbocycles. The number of alkyl halides is 3. The third-order valence-corrected chi connectivity index (χ3v) is 4.74. The van der Waals surface area contributed by atoms with Crippen LogP contribution in [0.1, 0.15) is 36.6 Å². The van der Waals surface area contributed by atoms with Crippen LogP contribution in [-0.4, -0.2) is 47.6 Å². The summed E-state index contributed by atoms with van der Waals surface area (Å²) in [6.07, 6.45) is -2.83. The maximum absolute atomic E-state index is 12.9. The lowest BCUT2D eigenvalue weighted by molar-refractivity contribution is -0.141. The molecule has 0 bridgehead atoms. The Bertz CT molecular complexity index is 895. The number of ether oxygens (including phenoxy) is 1. The standard InChI is InChI=1S/C18H20F3N3O3/c1-27-8-6-16(25)24-7-2-3-11(10-24)13-9-14-12(17(26)23-13)4-5-15(22-14)18(19,20)21/h4-5,9,11H,2-3,6-8,10H2,1H3,(H,23,26)/t11-/m1/s1. The number of pyridine rings is 2. The molecule has 1 atom stereocenters. The Morgan fingerprint density at radius 3 is 2.89 bits per heavy atom. The molecule has 1 aliphatic heterocycles. The molecule has 3 rings (SSSR count). The van der Waals surface area contributed by atoms with Gasteiger partial charge in [-0.15, -0.1) is 0 Å². The number of fused-ring (bicyclic) bond motifs is 1. The van der Waals surface area contributed by atoms with E-state index in [-0.39, 0.29) is 29.1 Å². The van der Waals surface area contributed by atoms with Gasteiger partial charge in [0.1, 0.15) is 5.69 Å². The summed E-state index contributed by atoms with van der Waals surface area (Å²) in [7, 11) is 1.52. The number of amides is 1. The van der Waals surface area contributed by atoms with Crippen LogP contribution in [0.4, 0.5) is 13.2 Å². The predicted molar refractivity (Wildman–Crippen MR) is 92.4 cm³/mol. The number of hydrogen-bond acceptors (Lipinski definition) is 4. The molecular formula is C18H20F3N3O3. The summed E-state index contributed by atoms with van der Waals surface area (Å²) < 4.78 is 43.7. The first-order valence-corrected chi connectivity index (χ1v) is 8.67. The van der Waals surface area contributed by atoms with E-state index in [4.69, 9.17) is 4.74 Å². The van der Waals surface area contributed by atoms with Crippen LogP contribution in [0.3, 0.4) is 0 Å². The van der Waals surface area contributed by atoms with Crippen LogP contribution in [0.15, 0.2) is 23.0 Å². The van der Waals surface area contributed by atoms with Crippen molar-refractivity contribution < 1.29 is 22.7 Å². The Balaban J connectivity index is 1.89. The van der Waals surface area contributed by atoms with E-state index in [9.17, 15) is 22.8 Å². The summed E-state index contributed by atoms with van der Waals surface area (Å²) in [6.45, 7) is 1.35. The summed E-state index contributed by atoms with van der Waals surface area (Å²) in [5, 5.41) is 0.107. The van der Waals surface area contributed by atoms with Gasteiger partial charge in [-0.3, -0.25) is 9.59 Å². The lowest BCUT2D eigenvalue weighted by Crippen LogP contribution is -2.40. The van der Waals surface area contributed by atoms with Crippen molar-refractivity contribution in [3.63, 3.8) is 0 Å². The fraction of sp³-hybridized carbons (Fsp3) is 0.500. The number of likely N-dealkylation sites (tertiary alicyclic amines) is 1. The minimum absolute atomic E-state index is 0.00593. The molecule has 2 aromatic heterocycles. The number of rotatable bonds is 4. The highest BCUT2D eigenvalue weighted by Crippen LogP contribution is 2.30. The van der Waals surface area contributed by atoms with Crippen LogP contribution in [0.5, 0.6) is 0 Å². The normalized spacial score (nSPS) is 18.1. The van der Waals surface area contributed by atoms with Gasteiger partial charge in [-0.2, -0.15) is 13.2 Å². The molecule has 0 saturated carbocycles. The van der Waals surface area contributed by atoms with E-state index < -0.39 is 17.4 Å². The van der Waals surface area contributed by atoms with Crippen LogP contribution >= 0.6 is 0 Å². The molecule has 0 unspecified atom stereocenters. The van der Waals surface area contributed by atoms with Crippen molar-refractivity contribution in [3.05, 3.63) is 39.9 Å². The minimum atomic E-state index is -4.58. The molecule has 1 fully saturated rings. The Morgan fingerprint density at radius 2 is 2.19 bits per heavy atom. The lowest BCUT2D eigenvalue weighted by atomic mass is 9.93. The van der Waals surface area contributed by atoms with Gasteiger partial charge in [0.2, 0.25) is 5.91 Å². The van der Waals surface area contributed by atoms with E-state index in [0.29, 0.717) is 25.4 Å². The maximum atomic E-state index is 12.9. The lowest BCUT2D eigenvalue weighted by Gasteiger charge is -2.33. The van der Waals surface area contributed by atoms with Crippen LogP contribution in [0.25, 0.3) is 10.9 Å². The molecule has 9 heteroatoms. The zero-order valence-electron chi connectivity index (χ0n) is 14.8. The van der Waals surface area contributed by atoms with Crippen molar-refractivity contribution in [2.45, 2.75) is 31.4 Å². The van der Waals surface area contributed by atoms with Crippen molar-refractivity contribution >= 4 is 16.8 Å². The summed E-state index contributed by atoms with van der Waals surface area (Å²) in [5.74, 6) is -0.194. The molecule has 1 saturated heterocycles. The topological polar surface area (TPSA) is 75.3 Å². The molecule has 6 nitrogen and oxygen atoms in total. The van der Waals surface area contributed by atoms with Crippen LogP contribution in [-0.2, 0) is 15.7 Å². The molecule has 1 amide bonds. The predicted octanol–water partition coefficient (Wildman–Crippen LogP) is 2.68. The summed E-state index contributed by atoms with van der Waals surface area (Å²) in [6, 6.07) is 3.42. The monoisotopic (exact) mass is 383 g/mol. The Kier molecular flexibility index (Phi) is 5.50. The first kappa shape index (κ1) is 19.3. The number of aromatic nitrogens is 2. The second-order valence-corrected chi connectivity index (χ2v) is 6.60. The van der Waals surface area contributed by atoms with Gasteiger partial charge in [0.25, 0.3) is 5.56 Å². The highest BCUT2D eigenvalue weighted by Gasteiger charge is 2.33. The van der Waals surface area contributed by atoms with E-state index in [2.05, 4.69) is 9.97 Å². The smallest absolute Gasteiger partial charge is 0.384 e. The Labute approximate surface area is 153 Å². The first-order valence-electron chi connectivity index (χ1n) is 8.67. The Hall–Kier alpha value is -2.42. The average molecular weight is 383 g/mol. The number of aromatic amines is 1. The van der Waals surface area contributed by atoms with E-state index >= 15 is 0 Å². The number of carbonyl (C=O) groups excluding carboxylic acids is 1. The van der Waals surface area contributed by atoms with Crippen molar-refractivity contribution in [2.24, 2.45) is 0 Å². The van der Waals surface area contributed by atoms with Gasteiger partial charge >= 0.3 is 6.18 Å². The molecule has 146 valence electrons. The number of nitrogens with zero attached hydrogens (tertiary/aromatic N) is 2. The maximum Gasteiger partial charge on any atom is 0.433 e. The van der Waals surface area contributed by atoms with Crippen molar-refractivity contribution in [3.8, 4) is 0 Å². The fourth-order valence-corrected chi connectivity index (χ4v) is 3.34. The van der Waals surface area contributed by atoms with E-state index in [1.54, 1.807) is 4.90 Å². The molecule has 3 heterocycles. The third kappa shape index (κ3) is 4.29. The summed E-state index contributed by atoms with van der Waals surface area (Å²) in [5.41, 5.74) is -1.01. The second-order valence-electron chi connectivity index (χ2n) is 6.60. The van der Waals surface area contributed by atoms with Gasteiger partial charge in [-0.25, -0.2) is 4.98 Å². The molecule has 27 heavy (non-hydrogen) atoms. The van der Waals surface area contributed by atoms with E-state index in [1.165, 1.54) is 13.2 Å². The third-order valence-electron chi connectivity index (χ3n) is 4.74. The quantitative estimate of drug-likeness (QED) is 0.881. The van der Waals surface area contributed by atoms with Gasteiger partial charge in [-0.1, -0.05) is 0 Å². The molecule has 0 aliphatic carbocycles. The summed E-state index contributed by atoms with van der Waals surface area (Å²) >= 11 is 0. The van der Waals surface area contributed by atoms with Crippen LogP contribution < -0.4 is 5.56 Å². The molecule has 0 radical (unpaired) electrons. The number of hydrogen-bond donors (Lipinski definition) is 1. The van der Waals surface area contributed by atoms with Gasteiger partial charge in [0.15, 0.2) is 0 Å². The number of halogens is 3.